The average molecular weight is 294 g/mol. The Morgan fingerprint density at radius 2 is 1.75 bits per heavy atom. The van der Waals surface area contributed by atoms with Crippen molar-refractivity contribution in [2.45, 2.75) is 70.2 Å². The van der Waals surface area contributed by atoms with Gasteiger partial charge in [-0.2, -0.15) is 0 Å². The first kappa shape index (κ1) is 17.6. The van der Waals surface area contributed by atoms with Crippen molar-refractivity contribution in [1.29, 1.82) is 0 Å². The van der Waals surface area contributed by atoms with Crippen LogP contribution in [0.25, 0.3) is 0 Å². The Kier molecular flexibility index (Phi) is 9.86. The largest absolute Gasteiger partial charge is 0.313 e. The first-order valence-electron chi connectivity index (χ1n) is 8.19. The van der Waals surface area contributed by atoms with Crippen LogP contribution in [0.5, 0.6) is 0 Å². The molecule has 0 amide bonds. The molecule has 0 bridgehead atoms. The van der Waals surface area contributed by atoms with Crippen LogP contribution in [-0.4, -0.2) is 18.3 Å². The van der Waals surface area contributed by atoms with Gasteiger partial charge in [0.15, 0.2) is 0 Å². The van der Waals surface area contributed by atoms with E-state index in [9.17, 15) is 0 Å². The summed E-state index contributed by atoms with van der Waals surface area (Å²) in [5, 5.41) is 3.71. The Morgan fingerprint density at radius 1 is 1.00 bits per heavy atom. The monoisotopic (exact) mass is 293 g/mol. The zero-order valence-electron chi connectivity index (χ0n) is 13.5. The molecular weight excluding hydrogens is 262 g/mol. The van der Waals surface area contributed by atoms with Gasteiger partial charge in [0.1, 0.15) is 0 Å². The lowest BCUT2D eigenvalue weighted by atomic mass is 10.1. The molecule has 1 atom stereocenters. The molecule has 1 aromatic rings. The number of hydrogen-bond acceptors (Lipinski definition) is 2. The van der Waals surface area contributed by atoms with Crippen molar-refractivity contribution >= 4 is 11.8 Å². The van der Waals surface area contributed by atoms with Crippen LogP contribution in [0.3, 0.4) is 0 Å². The highest BCUT2D eigenvalue weighted by Gasteiger charge is 2.08. The summed E-state index contributed by atoms with van der Waals surface area (Å²) in [4.78, 5) is 1.40. The normalized spacial score (nSPS) is 12.6. The molecule has 0 aliphatic rings. The highest BCUT2D eigenvalue weighted by atomic mass is 32.2. The molecule has 0 saturated heterocycles. The van der Waals surface area contributed by atoms with Crippen LogP contribution in [-0.2, 0) is 0 Å². The lowest BCUT2D eigenvalue weighted by Gasteiger charge is -2.18. The minimum absolute atomic E-state index is 0.665. The number of benzene rings is 1. The molecule has 2 heteroatoms. The number of hydrogen-bond donors (Lipinski definition) is 1. The summed E-state index contributed by atoms with van der Waals surface area (Å²) >= 11 is 1.99. The van der Waals surface area contributed by atoms with Crippen molar-refractivity contribution in [3.05, 3.63) is 29.8 Å². The molecule has 0 aliphatic carbocycles. The smallest absolute Gasteiger partial charge is 0.0161 e. The second-order valence-electron chi connectivity index (χ2n) is 5.62. The van der Waals surface area contributed by atoms with Gasteiger partial charge in [0.05, 0.1) is 0 Å². The van der Waals surface area contributed by atoms with Crippen molar-refractivity contribution in [2.24, 2.45) is 0 Å². The molecular formula is C18H31NS. The Bertz CT molecular complexity index is 334. The van der Waals surface area contributed by atoms with E-state index in [0.717, 1.165) is 6.54 Å². The summed E-state index contributed by atoms with van der Waals surface area (Å²) in [7, 11) is 0. The van der Waals surface area contributed by atoms with Crippen molar-refractivity contribution in [1.82, 2.24) is 5.32 Å². The minimum Gasteiger partial charge on any atom is -0.313 e. The standard InChI is InChI=1S/C18H31NS/c1-4-6-7-8-9-17(19-14-5-2)15-20-18-12-10-16(3)11-13-18/h10-13,17,19H,4-9,14-15H2,1-3H3. The van der Waals surface area contributed by atoms with E-state index in [1.165, 1.54) is 54.7 Å². The van der Waals surface area contributed by atoms with E-state index in [2.05, 4.69) is 50.4 Å². The van der Waals surface area contributed by atoms with Crippen molar-refractivity contribution < 1.29 is 0 Å². The molecule has 0 aromatic heterocycles. The first-order valence-corrected chi connectivity index (χ1v) is 9.17. The van der Waals surface area contributed by atoms with Crippen LogP contribution in [0.2, 0.25) is 0 Å². The molecule has 1 aromatic carbocycles. The second kappa shape index (κ2) is 11.2. The fourth-order valence-electron chi connectivity index (χ4n) is 2.24. The Balaban J connectivity index is 2.32. The molecule has 0 fully saturated rings. The Hall–Kier alpha value is -0.470. The molecule has 0 radical (unpaired) electrons. The van der Waals surface area contributed by atoms with Gasteiger partial charge in [-0.05, 0) is 38.4 Å². The third kappa shape index (κ3) is 7.96. The minimum atomic E-state index is 0.665. The Labute approximate surface area is 129 Å². The predicted molar refractivity (Wildman–Crippen MR) is 92.7 cm³/mol. The molecule has 0 spiro atoms. The van der Waals surface area contributed by atoms with E-state index in [1.807, 2.05) is 11.8 Å². The quantitative estimate of drug-likeness (QED) is 0.431. The van der Waals surface area contributed by atoms with E-state index >= 15 is 0 Å². The Morgan fingerprint density at radius 3 is 2.40 bits per heavy atom. The van der Waals surface area contributed by atoms with E-state index in [-0.39, 0.29) is 0 Å². The SMILES string of the molecule is CCCCCCC(CSc1ccc(C)cc1)NCCC. The number of nitrogens with one attached hydrogen (secondary N) is 1. The molecule has 0 heterocycles. The molecule has 1 unspecified atom stereocenters. The maximum absolute atomic E-state index is 3.71. The maximum Gasteiger partial charge on any atom is 0.0161 e. The van der Waals surface area contributed by atoms with Crippen molar-refractivity contribution in [3.63, 3.8) is 0 Å². The molecule has 1 nitrogen and oxygen atoms in total. The summed E-state index contributed by atoms with van der Waals surface area (Å²) < 4.78 is 0. The van der Waals surface area contributed by atoms with Crippen LogP contribution in [0.1, 0.15) is 57.9 Å². The van der Waals surface area contributed by atoms with E-state index in [1.54, 1.807) is 0 Å². The molecule has 114 valence electrons. The molecule has 20 heavy (non-hydrogen) atoms. The van der Waals surface area contributed by atoms with Gasteiger partial charge in [0, 0.05) is 16.7 Å². The topological polar surface area (TPSA) is 12.0 Å². The van der Waals surface area contributed by atoms with Crippen LogP contribution < -0.4 is 5.32 Å². The van der Waals surface area contributed by atoms with Gasteiger partial charge in [-0.15, -0.1) is 11.8 Å². The summed E-state index contributed by atoms with van der Waals surface area (Å²) in [5.41, 5.74) is 1.34. The van der Waals surface area contributed by atoms with Gasteiger partial charge in [-0.3, -0.25) is 0 Å². The maximum atomic E-state index is 3.71. The summed E-state index contributed by atoms with van der Waals surface area (Å²) in [6, 6.07) is 9.57. The lowest BCUT2D eigenvalue weighted by Crippen LogP contribution is -2.31. The van der Waals surface area contributed by atoms with Crippen LogP contribution >= 0.6 is 11.8 Å². The predicted octanol–water partition coefficient (Wildman–Crippen LogP) is 5.43. The zero-order valence-corrected chi connectivity index (χ0v) is 14.3. The third-order valence-electron chi connectivity index (χ3n) is 3.56. The van der Waals surface area contributed by atoms with Crippen molar-refractivity contribution in [2.75, 3.05) is 12.3 Å². The summed E-state index contributed by atoms with van der Waals surface area (Å²) in [6.45, 7) is 7.81. The van der Waals surface area contributed by atoms with Gasteiger partial charge in [0.2, 0.25) is 0 Å². The molecule has 1 rings (SSSR count). The first-order chi connectivity index (χ1) is 9.76. The van der Waals surface area contributed by atoms with Crippen molar-refractivity contribution in [3.8, 4) is 0 Å². The fourth-order valence-corrected chi connectivity index (χ4v) is 3.25. The van der Waals surface area contributed by atoms with E-state index in [0.29, 0.717) is 6.04 Å². The number of aryl methyl sites for hydroxylation is 1. The van der Waals surface area contributed by atoms with Crippen LogP contribution in [0.15, 0.2) is 29.2 Å². The zero-order chi connectivity index (χ0) is 14.6. The fraction of sp³-hybridized carbons (Fsp3) is 0.667. The average Bonchev–Trinajstić information content (AvgIpc) is 2.47. The van der Waals surface area contributed by atoms with Gasteiger partial charge >= 0.3 is 0 Å². The number of unbranched alkanes of at least 4 members (excludes halogenated alkanes) is 3. The van der Waals surface area contributed by atoms with Gasteiger partial charge in [-0.25, -0.2) is 0 Å². The van der Waals surface area contributed by atoms with Gasteiger partial charge in [0.25, 0.3) is 0 Å². The van der Waals surface area contributed by atoms with E-state index < -0.39 is 0 Å². The molecule has 0 saturated carbocycles. The molecule has 0 aliphatic heterocycles. The number of rotatable bonds is 11. The second-order valence-corrected chi connectivity index (χ2v) is 6.72. The van der Waals surface area contributed by atoms with Crippen LogP contribution in [0, 0.1) is 6.92 Å². The van der Waals surface area contributed by atoms with E-state index in [4.69, 9.17) is 0 Å². The summed E-state index contributed by atoms with van der Waals surface area (Å²) in [5.74, 6) is 1.19. The van der Waals surface area contributed by atoms with Crippen LogP contribution in [0.4, 0.5) is 0 Å². The highest BCUT2D eigenvalue weighted by Crippen LogP contribution is 2.20. The highest BCUT2D eigenvalue weighted by molar-refractivity contribution is 7.99. The van der Waals surface area contributed by atoms with Gasteiger partial charge < -0.3 is 5.32 Å². The lowest BCUT2D eigenvalue weighted by molar-refractivity contribution is 0.488. The number of thioether (sulfide) groups is 1. The van der Waals surface area contributed by atoms with Gasteiger partial charge in [-0.1, -0.05) is 57.2 Å². The third-order valence-corrected chi connectivity index (χ3v) is 4.74. The molecule has 1 N–H and O–H groups in total. The summed E-state index contributed by atoms with van der Waals surface area (Å²) in [6.07, 6.45) is 8.00.